The van der Waals surface area contributed by atoms with Crippen LogP contribution in [0.15, 0.2) is 53.5 Å². The summed E-state index contributed by atoms with van der Waals surface area (Å²) in [5.74, 6) is -0.929. The molecule has 1 unspecified atom stereocenters. The van der Waals surface area contributed by atoms with Gasteiger partial charge in [-0.25, -0.2) is 23.1 Å². The van der Waals surface area contributed by atoms with E-state index < -0.39 is 67.6 Å². The van der Waals surface area contributed by atoms with Gasteiger partial charge >= 0.3 is 18.3 Å². The summed E-state index contributed by atoms with van der Waals surface area (Å²) < 4.78 is 67.4. The predicted molar refractivity (Wildman–Crippen MR) is 156 cm³/mol. The molecule has 1 aliphatic rings. The van der Waals surface area contributed by atoms with Gasteiger partial charge in [0.1, 0.15) is 23.7 Å². The molecule has 43 heavy (non-hydrogen) atoms. The molecule has 17 heteroatoms. The molecular formula is C26H29ClF3N4O7PS. The van der Waals surface area contributed by atoms with Crippen LogP contribution in [-0.2, 0) is 30.6 Å². The number of carbonyl (C=O) groups excluding carboxylic acids is 1. The Kier molecular flexibility index (Phi) is 10.1. The highest BCUT2D eigenvalue weighted by Crippen LogP contribution is 2.50. The lowest BCUT2D eigenvalue weighted by molar-refractivity contribution is -0.182. The Morgan fingerprint density at radius 2 is 1.95 bits per heavy atom. The maximum atomic E-state index is 15.6. The third kappa shape index (κ3) is 7.14. The van der Waals surface area contributed by atoms with E-state index in [4.69, 9.17) is 47.7 Å². The maximum absolute atomic E-state index is 15.6. The summed E-state index contributed by atoms with van der Waals surface area (Å²) in [5, 5.41) is 14.6. The number of nitrogen functional groups attached to an aromatic ring is 1. The van der Waals surface area contributed by atoms with E-state index in [1.54, 1.807) is 44.2 Å². The molecule has 0 aliphatic carbocycles. The summed E-state index contributed by atoms with van der Waals surface area (Å²) in [4.78, 5) is 28.4. The third-order valence-electron chi connectivity index (χ3n) is 6.44. The number of fused-ring (bicyclic) bond motifs is 1. The van der Waals surface area contributed by atoms with E-state index in [-0.39, 0.29) is 16.6 Å². The molecule has 0 amide bonds. The van der Waals surface area contributed by atoms with E-state index in [0.29, 0.717) is 4.57 Å². The Morgan fingerprint density at radius 1 is 1.28 bits per heavy atom. The van der Waals surface area contributed by atoms with E-state index in [1.807, 2.05) is 12.1 Å². The van der Waals surface area contributed by atoms with Crippen LogP contribution in [0.25, 0.3) is 10.8 Å². The van der Waals surface area contributed by atoms with Crippen molar-refractivity contribution in [1.29, 1.82) is 0 Å². The van der Waals surface area contributed by atoms with Gasteiger partial charge in [0, 0.05) is 6.20 Å². The van der Waals surface area contributed by atoms with Crippen molar-refractivity contribution in [2.45, 2.75) is 63.4 Å². The van der Waals surface area contributed by atoms with Gasteiger partial charge in [-0.1, -0.05) is 41.9 Å². The fourth-order valence-electron chi connectivity index (χ4n) is 4.27. The molecule has 2 aromatic carbocycles. The number of alkyl halides is 3. The lowest BCUT2D eigenvalue weighted by atomic mass is 9.98. The van der Waals surface area contributed by atoms with Gasteiger partial charge in [-0.15, -0.1) is 0 Å². The fraction of sp³-hybridized carbons (Fsp3) is 0.423. The highest BCUT2D eigenvalue weighted by molar-refractivity contribution is 8.09. The molecule has 3 aromatic rings. The highest BCUT2D eigenvalue weighted by atomic mass is 35.5. The zero-order chi connectivity index (χ0) is 31.7. The minimum atomic E-state index is -3.97. The van der Waals surface area contributed by atoms with Crippen LogP contribution >= 0.6 is 18.2 Å². The van der Waals surface area contributed by atoms with Crippen LogP contribution in [0.1, 0.15) is 27.0 Å². The molecule has 1 aliphatic heterocycles. The number of nitrogens with zero attached hydrogens (tertiary/aromatic N) is 2. The molecule has 4 rings (SSSR count). The number of aliphatic hydroxyl groups excluding tert-OH is 1. The van der Waals surface area contributed by atoms with Crippen molar-refractivity contribution in [2.75, 3.05) is 12.3 Å². The summed E-state index contributed by atoms with van der Waals surface area (Å²) in [5.41, 5.74) is 1.23. The van der Waals surface area contributed by atoms with Crippen molar-refractivity contribution in [1.82, 2.24) is 14.6 Å². The Balaban J connectivity index is 1.66. The summed E-state index contributed by atoms with van der Waals surface area (Å²) in [6.07, 6.45) is -10.2. The molecule has 4 N–H and O–H groups in total. The first-order valence-corrected chi connectivity index (χ1v) is 15.9. The largest absolute Gasteiger partial charge is 0.462 e. The number of nitrogens with two attached hydrogens (primary N) is 1. The molecule has 6 atom stereocenters. The second-order valence-corrected chi connectivity index (χ2v) is 13.6. The number of hydrogen-bond acceptors (Lipinski definition) is 10. The monoisotopic (exact) mass is 664 g/mol. The Morgan fingerprint density at radius 3 is 2.60 bits per heavy atom. The van der Waals surface area contributed by atoms with Gasteiger partial charge in [0.2, 0.25) is 0 Å². The van der Waals surface area contributed by atoms with Crippen LogP contribution in [0.4, 0.5) is 19.0 Å². The first kappa shape index (κ1) is 33.1. The van der Waals surface area contributed by atoms with Gasteiger partial charge < -0.3 is 29.4 Å². The number of ether oxygens (including phenoxy) is 2. The number of aromatic nitrogens is 2. The summed E-state index contributed by atoms with van der Waals surface area (Å²) in [6.45, 7) is -0.565. The summed E-state index contributed by atoms with van der Waals surface area (Å²) >= 11 is 11.5. The van der Waals surface area contributed by atoms with Crippen LogP contribution in [0.2, 0.25) is 5.02 Å². The lowest BCUT2D eigenvalue weighted by Crippen LogP contribution is -2.51. The zero-order valence-electron chi connectivity index (χ0n) is 23.0. The number of carbonyl (C=O) groups is 1. The van der Waals surface area contributed by atoms with Crippen molar-refractivity contribution < 1.29 is 41.6 Å². The van der Waals surface area contributed by atoms with Crippen LogP contribution in [0.5, 0.6) is 5.75 Å². The summed E-state index contributed by atoms with van der Waals surface area (Å²) in [7, 11) is 0. The molecule has 2 heterocycles. The number of esters is 1. The average Bonchev–Trinajstić information content (AvgIpc) is 3.19. The second kappa shape index (κ2) is 13.1. The van der Waals surface area contributed by atoms with Gasteiger partial charge in [0.05, 0.1) is 17.7 Å². The van der Waals surface area contributed by atoms with Crippen LogP contribution in [0.3, 0.4) is 0 Å². The SMILES string of the molecule is CC(C)OC(=O)[C@H](C)NP(=S)(OC[C@@]1(C(F)F)O[C@@H](n2cc(Cl)c(N)nc2=O)[C@H](O)[C@H]1F)Oc1ccc2ccccc2c1. The molecule has 0 saturated carbocycles. The lowest BCUT2D eigenvalue weighted by Gasteiger charge is -2.33. The number of aliphatic hydroxyl groups is 1. The third-order valence-corrected chi connectivity index (χ3v) is 9.21. The Labute approximate surface area is 254 Å². The normalized spacial score (nSPS) is 24.3. The highest BCUT2D eigenvalue weighted by Gasteiger charge is 2.62. The molecule has 1 fully saturated rings. The van der Waals surface area contributed by atoms with E-state index >= 15 is 4.39 Å². The van der Waals surface area contributed by atoms with Crippen molar-refractivity contribution >= 4 is 52.6 Å². The van der Waals surface area contributed by atoms with E-state index in [0.717, 1.165) is 17.0 Å². The molecule has 1 aromatic heterocycles. The number of rotatable bonds is 11. The van der Waals surface area contributed by atoms with Gasteiger partial charge in [-0.05, 0) is 55.5 Å². The van der Waals surface area contributed by atoms with Crippen LogP contribution in [0, 0.1) is 0 Å². The number of hydrogen-bond donors (Lipinski definition) is 3. The molecule has 11 nitrogen and oxygen atoms in total. The molecular weight excluding hydrogens is 636 g/mol. The maximum Gasteiger partial charge on any atom is 0.351 e. The van der Waals surface area contributed by atoms with E-state index in [9.17, 15) is 23.5 Å². The molecule has 0 spiro atoms. The van der Waals surface area contributed by atoms with Crippen molar-refractivity contribution in [3.63, 3.8) is 0 Å². The Bertz CT molecular complexity index is 1600. The minimum Gasteiger partial charge on any atom is -0.462 e. The van der Waals surface area contributed by atoms with Gasteiger partial charge in [-0.2, -0.15) is 4.98 Å². The number of nitrogens with one attached hydrogen (secondary N) is 1. The van der Waals surface area contributed by atoms with Crippen LogP contribution < -0.4 is 21.0 Å². The smallest absolute Gasteiger partial charge is 0.351 e. The van der Waals surface area contributed by atoms with E-state index in [1.165, 1.54) is 6.92 Å². The molecule has 1 saturated heterocycles. The standard InChI is InChI=1S/C26H29ClF3N4O7PS/c1-13(2)39-23(36)14(3)33-42(43,41-17-9-8-15-6-4-5-7-16(15)10-17)38-12-26(24(29)30)20(28)19(35)22(40-26)34-11-18(27)21(31)32-25(34)37/h4-11,13-14,19-20,22,24,35H,12H2,1-3H3,(H,33,43)(H2,31,32,37)/t14-,19+,20+,22+,26+,42?/m0/s1. The van der Waals surface area contributed by atoms with Crippen molar-refractivity contribution in [3.8, 4) is 5.75 Å². The second-order valence-electron chi connectivity index (χ2n) is 10.0. The molecule has 234 valence electrons. The predicted octanol–water partition coefficient (Wildman–Crippen LogP) is 4.11. The van der Waals surface area contributed by atoms with Gasteiger partial charge in [0.25, 0.3) is 6.43 Å². The van der Waals surface area contributed by atoms with Crippen molar-refractivity contribution in [2.24, 2.45) is 0 Å². The Hall–Kier alpha value is -2.78. The van der Waals surface area contributed by atoms with Gasteiger partial charge in [-0.3, -0.25) is 9.36 Å². The average molecular weight is 665 g/mol. The number of benzene rings is 2. The van der Waals surface area contributed by atoms with Gasteiger partial charge in [0.15, 0.2) is 18.0 Å². The van der Waals surface area contributed by atoms with E-state index in [2.05, 4.69) is 10.1 Å². The first-order chi connectivity index (χ1) is 20.2. The first-order valence-electron chi connectivity index (χ1n) is 12.9. The minimum absolute atomic E-state index is 0.168. The molecule has 0 radical (unpaired) electrons. The molecule has 0 bridgehead atoms. The number of halogens is 4. The quantitative estimate of drug-likeness (QED) is 0.201. The van der Waals surface area contributed by atoms with Crippen LogP contribution in [-0.4, -0.2) is 63.7 Å². The summed E-state index contributed by atoms with van der Waals surface area (Å²) in [6, 6.07) is 11.1. The van der Waals surface area contributed by atoms with Crippen molar-refractivity contribution in [3.05, 3.63) is 64.2 Å². The zero-order valence-corrected chi connectivity index (χ0v) is 25.5. The number of anilines is 1. The fourth-order valence-corrected chi connectivity index (χ4v) is 6.83. The topological polar surface area (TPSA) is 147 Å².